The molecule has 0 aliphatic heterocycles. The summed E-state index contributed by atoms with van der Waals surface area (Å²) in [5, 5.41) is 12.9. The monoisotopic (exact) mass is 406 g/mol. The van der Waals surface area contributed by atoms with E-state index in [9.17, 15) is 9.90 Å². The highest BCUT2D eigenvalue weighted by Gasteiger charge is 2.15. The number of hydrogen-bond acceptors (Lipinski definition) is 5. The Kier molecular flexibility index (Phi) is 5.74. The Hall–Kier alpha value is -2.96. The van der Waals surface area contributed by atoms with Crippen molar-refractivity contribution in [1.82, 2.24) is 9.55 Å². The van der Waals surface area contributed by atoms with Crippen LogP contribution in [0.15, 0.2) is 71.1 Å². The summed E-state index contributed by atoms with van der Waals surface area (Å²) >= 11 is 1.45. The lowest BCUT2D eigenvalue weighted by atomic mass is 10.1. The second kappa shape index (κ2) is 8.59. The van der Waals surface area contributed by atoms with Crippen LogP contribution in [0.5, 0.6) is 5.75 Å². The number of nitrogens with zero attached hydrogens (tertiary/aromatic N) is 2. The molecular weight excluding hydrogens is 384 g/mol. The number of hydrogen-bond donors (Lipinski definition) is 1. The van der Waals surface area contributed by atoms with Gasteiger partial charge in [0.2, 0.25) is 0 Å². The average molecular weight is 407 g/mol. The van der Waals surface area contributed by atoms with Gasteiger partial charge in [0.25, 0.3) is 5.56 Å². The van der Waals surface area contributed by atoms with Gasteiger partial charge in [0.1, 0.15) is 23.3 Å². The quantitative estimate of drug-likeness (QED) is 0.501. The zero-order valence-corrected chi connectivity index (χ0v) is 16.9. The molecule has 29 heavy (non-hydrogen) atoms. The Morgan fingerprint density at radius 3 is 2.62 bits per heavy atom. The van der Waals surface area contributed by atoms with Crippen molar-refractivity contribution in [2.24, 2.45) is 0 Å². The predicted molar refractivity (Wildman–Crippen MR) is 117 cm³/mol. The molecule has 2 aromatic carbocycles. The highest BCUT2D eigenvalue weighted by atomic mass is 32.1. The molecule has 0 radical (unpaired) electrons. The van der Waals surface area contributed by atoms with Crippen molar-refractivity contribution >= 4 is 21.6 Å². The van der Waals surface area contributed by atoms with Gasteiger partial charge in [0, 0.05) is 10.9 Å². The van der Waals surface area contributed by atoms with Gasteiger partial charge in [-0.25, -0.2) is 4.98 Å². The summed E-state index contributed by atoms with van der Waals surface area (Å²) in [4.78, 5) is 18.2. The molecule has 0 fully saturated rings. The van der Waals surface area contributed by atoms with Crippen molar-refractivity contribution in [3.8, 4) is 16.9 Å². The number of aliphatic hydroxyl groups excluding tert-OH is 1. The molecule has 0 amide bonds. The van der Waals surface area contributed by atoms with Crippen LogP contribution >= 0.6 is 11.3 Å². The van der Waals surface area contributed by atoms with Crippen molar-refractivity contribution in [3.05, 3.63) is 82.2 Å². The minimum absolute atomic E-state index is 0.102. The topological polar surface area (TPSA) is 64.3 Å². The molecule has 0 saturated carbocycles. The van der Waals surface area contributed by atoms with E-state index in [0.717, 1.165) is 17.5 Å². The summed E-state index contributed by atoms with van der Waals surface area (Å²) in [5.74, 6) is 0.700. The van der Waals surface area contributed by atoms with Gasteiger partial charge in [-0.3, -0.25) is 9.36 Å². The predicted octanol–water partition coefficient (Wildman–Crippen LogP) is 4.13. The molecule has 4 aromatic rings. The van der Waals surface area contributed by atoms with Crippen molar-refractivity contribution < 1.29 is 9.84 Å². The highest BCUT2D eigenvalue weighted by molar-refractivity contribution is 7.17. The van der Waals surface area contributed by atoms with E-state index in [1.807, 2.05) is 60.0 Å². The summed E-state index contributed by atoms with van der Waals surface area (Å²) in [7, 11) is 0. The molecule has 5 nitrogen and oxygen atoms in total. The maximum absolute atomic E-state index is 13.0. The maximum Gasteiger partial charge on any atom is 0.262 e. The molecule has 0 unspecified atom stereocenters. The van der Waals surface area contributed by atoms with Crippen LogP contribution in [0.2, 0.25) is 0 Å². The first kappa shape index (κ1) is 19.4. The fraction of sp³-hybridized carbons (Fsp3) is 0.217. The van der Waals surface area contributed by atoms with Gasteiger partial charge in [-0.05, 0) is 29.7 Å². The van der Waals surface area contributed by atoms with Crippen LogP contribution in [0, 0.1) is 0 Å². The van der Waals surface area contributed by atoms with Crippen LogP contribution in [-0.4, -0.2) is 27.4 Å². The average Bonchev–Trinajstić information content (AvgIpc) is 3.20. The number of aliphatic hydroxyl groups is 1. The van der Waals surface area contributed by atoms with Gasteiger partial charge in [-0.1, -0.05) is 49.4 Å². The number of ether oxygens (including phenoxy) is 1. The fourth-order valence-electron chi connectivity index (χ4n) is 3.22. The third-order valence-corrected chi connectivity index (χ3v) is 5.71. The SMILES string of the molecule is CCc1ccc(OC[C@H](O)Cn2cnc3scc(-c4ccccc4)c3c2=O)cc1. The van der Waals surface area contributed by atoms with Crippen molar-refractivity contribution in [2.75, 3.05) is 6.61 Å². The van der Waals surface area contributed by atoms with Crippen LogP contribution < -0.4 is 10.3 Å². The van der Waals surface area contributed by atoms with E-state index in [0.29, 0.717) is 16.0 Å². The fourth-order valence-corrected chi connectivity index (χ4v) is 4.13. The van der Waals surface area contributed by atoms with E-state index in [1.165, 1.54) is 27.8 Å². The van der Waals surface area contributed by atoms with Gasteiger partial charge in [-0.15, -0.1) is 11.3 Å². The largest absolute Gasteiger partial charge is 0.491 e. The molecule has 148 valence electrons. The maximum atomic E-state index is 13.0. The first-order valence-corrected chi connectivity index (χ1v) is 10.5. The number of thiophene rings is 1. The number of benzene rings is 2. The van der Waals surface area contributed by atoms with E-state index < -0.39 is 6.10 Å². The van der Waals surface area contributed by atoms with Crippen molar-refractivity contribution in [3.63, 3.8) is 0 Å². The molecule has 2 aromatic heterocycles. The second-order valence-electron chi connectivity index (χ2n) is 6.86. The summed E-state index contributed by atoms with van der Waals surface area (Å²) in [6.45, 7) is 2.32. The van der Waals surface area contributed by atoms with Gasteiger partial charge in [0.05, 0.1) is 18.3 Å². The Morgan fingerprint density at radius 1 is 1.14 bits per heavy atom. The van der Waals surface area contributed by atoms with Gasteiger partial charge in [-0.2, -0.15) is 0 Å². The van der Waals surface area contributed by atoms with E-state index in [4.69, 9.17) is 4.74 Å². The lowest BCUT2D eigenvalue weighted by molar-refractivity contribution is 0.0915. The number of rotatable bonds is 7. The van der Waals surface area contributed by atoms with Crippen molar-refractivity contribution in [1.29, 1.82) is 0 Å². The zero-order valence-electron chi connectivity index (χ0n) is 16.1. The third kappa shape index (κ3) is 4.23. The summed E-state index contributed by atoms with van der Waals surface area (Å²) in [6.07, 6.45) is 1.64. The molecule has 6 heteroatoms. The number of aryl methyl sites for hydroxylation is 1. The van der Waals surface area contributed by atoms with Crippen LogP contribution in [0.1, 0.15) is 12.5 Å². The molecule has 0 spiro atoms. The van der Waals surface area contributed by atoms with Crippen LogP contribution in [-0.2, 0) is 13.0 Å². The van der Waals surface area contributed by atoms with E-state index >= 15 is 0 Å². The third-order valence-electron chi connectivity index (χ3n) is 4.83. The molecule has 1 atom stereocenters. The summed E-state index contributed by atoms with van der Waals surface area (Å²) in [6, 6.07) is 17.6. The summed E-state index contributed by atoms with van der Waals surface area (Å²) in [5.41, 5.74) is 2.93. The summed E-state index contributed by atoms with van der Waals surface area (Å²) < 4.78 is 7.12. The molecule has 0 aliphatic carbocycles. The molecule has 0 bridgehead atoms. The van der Waals surface area contributed by atoms with Crippen LogP contribution in [0.25, 0.3) is 21.3 Å². The minimum atomic E-state index is -0.823. The smallest absolute Gasteiger partial charge is 0.262 e. The molecule has 0 saturated heterocycles. The van der Waals surface area contributed by atoms with Crippen LogP contribution in [0.3, 0.4) is 0 Å². The van der Waals surface area contributed by atoms with Crippen LogP contribution in [0.4, 0.5) is 0 Å². The lowest BCUT2D eigenvalue weighted by Crippen LogP contribution is -2.30. The minimum Gasteiger partial charge on any atom is -0.491 e. The Bertz CT molecular complexity index is 1150. The van der Waals surface area contributed by atoms with E-state index in [1.54, 1.807) is 0 Å². The molecule has 2 heterocycles. The Balaban J connectivity index is 1.51. The molecule has 1 N–H and O–H groups in total. The van der Waals surface area contributed by atoms with Gasteiger partial charge in [0.15, 0.2) is 0 Å². The Labute approximate surface area is 172 Å². The molecular formula is C23H22N2O3S. The van der Waals surface area contributed by atoms with E-state index in [-0.39, 0.29) is 18.7 Å². The first-order valence-electron chi connectivity index (χ1n) is 9.57. The van der Waals surface area contributed by atoms with Crippen molar-refractivity contribution in [2.45, 2.75) is 26.0 Å². The lowest BCUT2D eigenvalue weighted by Gasteiger charge is -2.14. The number of aromatic nitrogens is 2. The zero-order chi connectivity index (χ0) is 20.2. The second-order valence-corrected chi connectivity index (χ2v) is 7.72. The Morgan fingerprint density at radius 2 is 1.90 bits per heavy atom. The molecule has 0 aliphatic rings. The van der Waals surface area contributed by atoms with Gasteiger partial charge >= 0.3 is 0 Å². The normalized spacial score (nSPS) is 12.2. The van der Waals surface area contributed by atoms with E-state index in [2.05, 4.69) is 11.9 Å². The first-order chi connectivity index (χ1) is 14.2. The highest BCUT2D eigenvalue weighted by Crippen LogP contribution is 2.30. The van der Waals surface area contributed by atoms with Gasteiger partial charge < -0.3 is 9.84 Å². The molecule has 4 rings (SSSR count). The number of fused-ring (bicyclic) bond motifs is 1. The standard InChI is InChI=1S/C23H22N2O3S/c1-2-16-8-10-19(11-9-16)28-13-18(26)12-25-15-24-22-21(23(25)27)20(14-29-22)17-6-4-3-5-7-17/h3-11,14-15,18,26H,2,12-13H2,1H3/t18-/m1/s1.